The zero-order valence-corrected chi connectivity index (χ0v) is 12.9. The summed E-state index contributed by atoms with van der Waals surface area (Å²) in [5, 5.41) is 15.1. The Hall–Kier alpha value is -1.58. The molecule has 0 saturated heterocycles. The number of aliphatic hydroxyl groups excluding tert-OH is 1. The fourth-order valence-corrected chi connectivity index (χ4v) is 2.31. The van der Waals surface area contributed by atoms with Crippen LogP contribution in [0.2, 0.25) is 0 Å². The van der Waals surface area contributed by atoms with E-state index >= 15 is 0 Å². The highest BCUT2D eigenvalue weighted by Crippen LogP contribution is 2.28. The number of ether oxygens (including phenoxy) is 1. The van der Waals surface area contributed by atoms with Gasteiger partial charge in [0.05, 0.1) is 6.61 Å². The minimum Gasteiger partial charge on any atom is -0.493 e. The summed E-state index contributed by atoms with van der Waals surface area (Å²) in [5.74, 6) is 1.06. The molecule has 0 aliphatic heterocycles. The van der Waals surface area contributed by atoms with E-state index in [4.69, 9.17) is 9.84 Å². The fraction of sp³-hybridized carbons (Fsp3) is 0.444. The first kappa shape index (κ1) is 15.8. The molecule has 2 aromatic rings. The van der Waals surface area contributed by atoms with Gasteiger partial charge >= 0.3 is 0 Å². The molecule has 1 atom stereocenters. The minimum atomic E-state index is 0.146. The molecule has 3 nitrogen and oxygen atoms in total. The molecule has 2 aromatic carbocycles. The van der Waals surface area contributed by atoms with Gasteiger partial charge in [-0.05, 0) is 29.8 Å². The fourth-order valence-electron chi connectivity index (χ4n) is 2.31. The van der Waals surface area contributed by atoms with E-state index in [2.05, 4.69) is 42.6 Å². The van der Waals surface area contributed by atoms with Crippen LogP contribution < -0.4 is 10.1 Å². The average Bonchev–Trinajstić information content (AvgIpc) is 2.53. The Balaban J connectivity index is 2.27. The number of hydrogen-bond donors (Lipinski definition) is 2. The van der Waals surface area contributed by atoms with Crippen LogP contribution in [0.3, 0.4) is 0 Å². The van der Waals surface area contributed by atoms with Gasteiger partial charge in [-0.15, -0.1) is 0 Å². The van der Waals surface area contributed by atoms with E-state index < -0.39 is 0 Å². The first-order valence-electron chi connectivity index (χ1n) is 7.71. The molecule has 0 bridgehead atoms. The maximum atomic E-state index is 9.13. The number of fused-ring (bicyclic) bond motifs is 1. The van der Waals surface area contributed by atoms with Crippen LogP contribution in [-0.2, 0) is 6.54 Å². The second-order valence-electron chi connectivity index (χ2n) is 5.54. The van der Waals surface area contributed by atoms with Gasteiger partial charge in [0.25, 0.3) is 0 Å². The molecule has 0 aliphatic carbocycles. The highest BCUT2D eigenvalue weighted by molar-refractivity contribution is 5.87. The van der Waals surface area contributed by atoms with Crippen molar-refractivity contribution in [3.8, 4) is 5.75 Å². The van der Waals surface area contributed by atoms with Gasteiger partial charge < -0.3 is 15.2 Å². The first-order valence-corrected chi connectivity index (χ1v) is 7.71. The standard InChI is InChI=1S/C18H25NO2/c1-3-10-19-11-17-16-7-5-4-6-15(16)8-9-18(17)21-13-14(2)12-20/h4-9,14,19-20H,3,10-13H2,1-2H3. The zero-order valence-electron chi connectivity index (χ0n) is 12.9. The molecular formula is C18H25NO2. The van der Waals surface area contributed by atoms with Crippen molar-refractivity contribution in [1.82, 2.24) is 5.32 Å². The smallest absolute Gasteiger partial charge is 0.124 e. The molecule has 0 saturated carbocycles. The number of benzene rings is 2. The molecule has 0 radical (unpaired) electrons. The van der Waals surface area contributed by atoms with Crippen molar-refractivity contribution in [3.63, 3.8) is 0 Å². The van der Waals surface area contributed by atoms with E-state index in [0.29, 0.717) is 6.61 Å². The summed E-state index contributed by atoms with van der Waals surface area (Å²) >= 11 is 0. The summed E-state index contributed by atoms with van der Waals surface area (Å²) in [5.41, 5.74) is 1.20. The lowest BCUT2D eigenvalue weighted by molar-refractivity contribution is 0.173. The molecule has 0 spiro atoms. The lowest BCUT2D eigenvalue weighted by Crippen LogP contribution is -2.17. The number of aliphatic hydroxyl groups is 1. The predicted molar refractivity (Wildman–Crippen MR) is 87.7 cm³/mol. The van der Waals surface area contributed by atoms with Crippen molar-refractivity contribution in [1.29, 1.82) is 0 Å². The molecule has 2 rings (SSSR count). The Kier molecular flexibility index (Phi) is 6.03. The van der Waals surface area contributed by atoms with Crippen LogP contribution in [0.25, 0.3) is 10.8 Å². The normalized spacial score (nSPS) is 12.5. The van der Waals surface area contributed by atoms with Crippen LogP contribution in [0.4, 0.5) is 0 Å². The molecule has 1 unspecified atom stereocenters. The summed E-state index contributed by atoms with van der Waals surface area (Å²) in [4.78, 5) is 0. The van der Waals surface area contributed by atoms with Gasteiger partial charge in [0.2, 0.25) is 0 Å². The number of rotatable bonds is 8. The van der Waals surface area contributed by atoms with E-state index in [1.807, 2.05) is 13.0 Å². The van der Waals surface area contributed by atoms with E-state index in [9.17, 15) is 0 Å². The van der Waals surface area contributed by atoms with Crippen LogP contribution in [0.1, 0.15) is 25.8 Å². The zero-order chi connectivity index (χ0) is 15.1. The monoisotopic (exact) mass is 287 g/mol. The van der Waals surface area contributed by atoms with Gasteiger partial charge in [-0.1, -0.05) is 44.2 Å². The van der Waals surface area contributed by atoms with Gasteiger partial charge in [-0.3, -0.25) is 0 Å². The highest BCUT2D eigenvalue weighted by atomic mass is 16.5. The Bertz CT molecular complexity index is 568. The van der Waals surface area contributed by atoms with Crippen LogP contribution in [0.5, 0.6) is 5.75 Å². The molecule has 21 heavy (non-hydrogen) atoms. The minimum absolute atomic E-state index is 0.146. The van der Waals surface area contributed by atoms with Crippen molar-refractivity contribution in [2.45, 2.75) is 26.8 Å². The highest BCUT2D eigenvalue weighted by Gasteiger charge is 2.10. The van der Waals surface area contributed by atoms with Crippen LogP contribution in [-0.4, -0.2) is 24.9 Å². The quantitative estimate of drug-likeness (QED) is 0.732. The van der Waals surface area contributed by atoms with Crippen molar-refractivity contribution in [3.05, 3.63) is 42.0 Å². The summed E-state index contributed by atoms with van der Waals surface area (Å²) < 4.78 is 5.93. The SMILES string of the molecule is CCCNCc1c(OCC(C)CO)ccc2ccccc12. The van der Waals surface area contributed by atoms with Gasteiger partial charge in [0.1, 0.15) is 5.75 Å². The summed E-state index contributed by atoms with van der Waals surface area (Å²) in [6, 6.07) is 12.5. The number of nitrogens with one attached hydrogen (secondary N) is 1. The molecule has 2 N–H and O–H groups in total. The maximum absolute atomic E-state index is 9.13. The molecule has 3 heteroatoms. The third kappa shape index (κ3) is 4.19. The van der Waals surface area contributed by atoms with Crippen molar-refractivity contribution in [2.24, 2.45) is 5.92 Å². The lowest BCUT2D eigenvalue weighted by atomic mass is 10.0. The molecule has 0 aromatic heterocycles. The molecular weight excluding hydrogens is 262 g/mol. The Morgan fingerprint density at radius 1 is 1.19 bits per heavy atom. The topological polar surface area (TPSA) is 41.5 Å². The maximum Gasteiger partial charge on any atom is 0.124 e. The Morgan fingerprint density at radius 2 is 2.00 bits per heavy atom. The predicted octanol–water partition coefficient (Wildman–Crippen LogP) is 3.35. The van der Waals surface area contributed by atoms with Crippen LogP contribution in [0, 0.1) is 5.92 Å². The second-order valence-corrected chi connectivity index (χ2v) is 5.54. The summed E-state index contributed by atoms with van der Waals surface area (Å²) in [6.07, 6.45) is 1.11. The van der Waals surface area contributed by atoms with Gasteiger partial charge in [-0.25, -0.2) is 0 Å². The van der Waals surface area contributed by atoms with Crippen molar-refractivity contribution >= 4 is 10.8 Å². The summed E-state index contributed by atoms with van der Waals surface area (Å²) in [6.45, 7) is 6.63. The van der Waals surface area contributed by atoms with Crippen LogP contribution in [0.15, 0.2) is 36.4 Å². The van der Waals surface area contributed by atoms with Gasteiger partial charge in [0, 0.05) is 24.6 Å². The summed E-state index contributed by atoms with van der Waals surface area (Å²) in [7, 11) is 0. The Morgan fingerprint density at radius 3 is 2.76 bits per heavy atom. The Labute approximate surface area is 126 Å². The number of hydrogen-bond acceptors (Lipinski definition) is 3. The van der Waals surface area contributed by atoms with Gasteiger partial charge in [-0.2, -0.15) is 0 Å². The molecule has 0 amide bonds. The van der Waals surface area contributed by atoms with E-state index in [1.165, 1.54) is 16.3 Å². The van der Waals surface area contributed by atoms with Crippen molar-refractivity contribution in [2.75, 3.05) is 19.8 Å². The molecule has 114 valence electrons. The third-order valence-electron chi connectivity index (χ3n) is 3.56. The molecule has 0 aliphatic rings. The second kappa shape index (κ2) is 8.01. The van der Waals surface area contributed by atoms with Gasteiger partial charge in [0.15, 0.2) is 0 Å². The van der Waals surface area contributed by atoms with E-state index in [-0.39, 0.29) is 12.5 Å². The molecule has 0 heterocycles. The molecule has 0 fully saturated rings. The lowest BCUT2D eigenvalue weighted by Gasteiger charge is -2.16. The largest absolute Gasteiger partial charge is 0.493 e. The third-order valence-corrected chi connectivity index (χ3v) is 3.56. The van der Waals surface area contributed by atoms with Crippen LogP contribution >= 0.6 is 0 Å². The van der Waals surface area contributed by atoms with E-state index in [1.54, 1.807) is 0 Å². The average molecular weight is 287 g/mol. The van der Waals surface area contributed by atoms with Crippen molar-refractivity contribution < 1.29 is 9.84 Å². The van der Waals surface area contributed by atoms with E-state index in [0.717, 1.165) is 25.3 Å². The first-order chi connectivity index (χ1) is 10.3.